The van der Waals surface area contributed by atoms with Crippen LogP contribution in [-0.4, -0.2) is 59.3 Å². The quantitative estimate of drug-likeness (QED) is 0.778. The van der Waals surface area contributed by atoms with E-state index in [1.165, 1.54) is 0 Å². The topological polar surface area (TPSA) is 65.2 Å². The molecular formula is C15H27N5O. The van der Waals surface area contributed by atoms with Crippen molar-refractivity contribution in [2.45, 2.75) is 40.0 Å². The van der Waals surface area contributed by atoms with Gasteiger partial charge in [-0.2, -0.15) is 0 Å². The number of nitrogens with two attached hydrogens (primary N) is 1. The minimum absolute atomic E-state index is 0.0227. The zero-order chi connectivity index (χ0) is 15.4. The molecule has 0 atom stereocenters. The Kier molecular flexibility index (Phi) is 5.09. The molecule has 0 saturated heterocycles. The summed E-state index contributed by atoms with van der Waals surface area (Å²) < 4.78 is 0. The molecule has 2 rings (SSSR count). The van der Waals surface area contributed by atoms with Crippen molar-refractivity contribution in [1.29, 1.82) is 0 Å². The van der Waals surface area contributed by atoms with Gasteiger partial charge in [0, 0.05) is 26.2 Å². The van der Waals surface area contributed by atoms with Crippen molar-refractivity contribution in [2.75, 3.05) is 32.7 Å². The smallest absolute Gasteiger partial charge is 0.331 e. The number of amidine groups is 1. The highest BCUT2D eigenvalue weighted by Gasteiger charge is 2.39. The Morgan fingerprint density at radius 1 is 1.19 bits per heavy atom. The van der Waals surface area contributed by atoms with Crippen LogP contribution in [0.25, 0.3) is 0 Å². The number of aliphatic imine (C=N–C) groups is 1. The Labute approximate surface area is 127 Å². The van der Waals surface area contributed by atoms with Crippen molar-refractivity contribution in [3.8, 4) is 0 Å². The SMILES string of the molecule is CCCN(CCC)C1=C(N)C2=NCCN2C(=O)N1CCC. The zero-order valence-electron chi connectivity index (χ0n) is 13.4. The Morgan fingerprint density at radius 3 is 2.43 bits per heavy atom. The van der Waals surface area contributed by atoms with E-state index in [4.69, 9.17) is 5.73 Å². The molecule has 0 aromatic rings. The highest BCUT2D eigenvalue weighted by atomic mass is 16.2. The van der Waals surface area contributed by atoms with E-state index in [1.807, 2.05) is 4.90 Å². The van der Waals surface area contributed by atoms with Gasteiger partial charge in [-0.3, -0.25) is 14.8 Å². The van der Waals surface area contributed by atoms with E-state index in [0.717, 1.165) is 38.2 Å². The van der Waals surface area contributed by atoms with E-state index in [1.54, 1.807) is 4.90 Å². The van der Waals surface area contributed by atoms with E-state index in [-0.39, 0.29) is 6.03 Å². The average Bonchev–Trinajstić information content (AvgIpc) is 2.95. The lowest BCUT2D eigenvalue weighted by Crippen LogP contribution is -2.55. The number of carbonyl (C=O) groups excluding carboxylic acids is 1. The number of nitrogens with zero attached hydrogens (tertiary/aromatic N) is 4. The Balaban J connectivity index is 2.43. The monoisotopic (exact) mass is 293 g/mol. The summed E-state index contributed by atoms with van der Waals surface area (Å²) in [6.45, 7) is 10.2. The van der Waals surface area contributed by atoms with Gasteiger partial charge in [0.15, 0.2) is 5.84 Å². The van der Waals surface area contributed by atoms with Crippen LogP contribution in [0.15, 0.2) is 16.5 Å². The third-order valence-electron chi connectivity index (χ3n) is 3.77. The molecule has 0 spiro atoms. The average molecular weight is 293 g/mol. The van der Waals surface area contributed by atoms with Crippen molar-refractivity contribution < 1.29 is 4.79 Å². The highest BCUT2D eigenvalue weighted by molar-refractivity contribution is 6.10. The van der Waals surface area contributed by atoms with Crippen LogP contribution < -0.4 is 5.73 Å². The fraction of sp³-hybridized carbons (Fsp3) is 0.733. The number of fused-ring (bicyclic) bond motifs is 1. The van der Waals surface area contributed by atoms with Crippen molar-refractivity contribution in [3.63, 3.8) is 0 Å². The van der Waals surface area contributed by atoms with Gasteiger partial charge in [-0.05, 0) is 19.3 Å². The number of carbonyl (C=O) groups is 1. The predicted molar refractivity (Wildman–Crippen MR) is 84.8 cm³/mol. The van der Waals surface area contributed by atoms with Crippen LogP contribution in [0.5, 0.6) is 0 Å². The van der Waals surface area contributed by atoms with Crippen molar-refractivity contribution in [2.24, 2.45) is 10.7 Å². The summed E-state index contributed by atoms with van der Waals surface area (Å²) >= 11 is 0. The van der Waals surface area contributed by atoms with Crippen LogP contribution in [0.4, 0.5) is 4.79 Å². The van der Waals surface area contributed by atoms with Crippen molar-refractivity contribution in [3.05, 3.63) is 11.5 Å². The summed E-state index contributed by atoms with van der Waals surface area (Å²) in [7, 11) is 0. The van der Waals surface area contributed by atoms with Gasteiger partial charge >= 0.3 is 6.03 Å². The van der Waals surface area contributed by atoms with Crippen molar-refractivity contribution in [1.82, 2.24) is 14.7 Å². The summed E-state index contributed by atoms with van der Waals surface area (Å²) in [5.41, 5.74) is 7.04. The molecule has 0 aromatic heterocycles. The molecular weight excluding hydrogens is 266 g/mol. The first-order valence-corrected chi connectivity index (χ1v) is 8.04. The summed E-state index contributed by atoms with van der Waals surface area (Å²) in [4.78, 5) is 22.9. The molecule has 2 aliphatic heterocycles. The lowest BCUT2D eigenvalue weighted by atomic mass is 10.2. The standard InChI is InChI=1S/C15H27N5O/c1-4-8-18(9-5-2)14-12(16)13-17-7-11-19(13)15(21)20(14)10-6-3/h4-11,16H2,1-3H3. The third-order valence-corrected chi connectivity index (χ3v) is 3.77. The molecule has 0 bridgehead atoms. The number of hydrogen-bond donors (Lipinski definition) is 1. The van der Waals surface area contributed by atoms with E-state index in [0.29, 0.717) is 31.2 Å². The number of rotatable bonds is 7. The van der Waals surface area contributed by atoms with E-state index < -0.39 is 0 Å². The van der Waals surface area contributed by atoms with Gasteiger partial charge < -0.3 is 10.6 Å². The molecule has 0 radical (unpaired) electrons. The predicted octanol–water partition coefficient (Wildman–Crippen LogP) is 1.80. The highest BCUT2D eigenvalue weighted by Crippen LogP contribution is 2.26. The van der Waals surface area contributed by atoms with Crippen molar-refractivity contribution >= 4 is 11.9 Å². The first-order chi connectivity index (χ1) is 10.2. The molecule has 0 unspecified atom stereocenters. The second-order valence-electron chi connectivity index (χ2n) is 5.52. The molecule has 0 aromatic carbocycles. The van der Waals surface area contributed by atoms with Gasteiger partial charge in [-0.15, -0.1) is 0 Å². The number of hydrogen-bond acceptors (Lipinski definition) is 4. The largest absolute Gasteiger partial charge is 0.393 e. The summed E-state index contributed by atoms with van der Waals surface area (Å²) in [6.07, 6.45) is 2.97. The van der Waals surface area contributed by atoms with Crippen LogP contribution in [0, 0.1) is 0 Å². The minimum Gasteiger partial charge on any atom is -0.393 e. The van der Waals surface area contributed by atoms with Gasteiger partial charge in [0.2, 0.25) is 0 Å². The Hall–Kier alpha value is -1.72. The second-order valence-corrected chi connectivity index (χ2v) is 5.52. The Morgan fingerprint density at radius 2 is 1.86 bits per heavy atom. The van der Waals surface area contributed by atoms with Crippen LogP contribution in [0.2, 0.25) is 0 Å². The summed E-state index contributed by atoms with van der Waals surface area (Å²) in [5.74, 6) is 1.53. The maximum atomic E-state index is 12.7. The first kappa shape index (κ1) is 15.7. The minimum atomic E-state index is 0.0227. The second kappa shape index (κ2) is 6.83. The molecule has 2 N–H and O–H groups in total. The van der Waals surface area contributed by atoms with Crippen LogP contribution in [-0.2, 0) is 0 Å². The molecule has 6 nitrogen and oxygen atoms in total. The normalized spacial score (nSPS) is 18.2. The van der Waals surface area contributed by atoms with Crippen LogP contribution >= 0.6 is 0 Å². The van der Waals surface area contributed by atoms with E-state index >= 15 is 0 Å². The van der Waals surface area contributed by atoms with Gasteiger partial charge in [0.1, 0.15) is 11.5 Å². The maximum Gasteiger partial charge on any atom is 0.331 e. The Bertz CT molecular complexity index is 451. The molecule has 0 aliphatic carbocycles. The molecule has 118 valence electrons. The lowest BCUT2D eigenvalue weighted by Gasteiger charge is -2.41. The number of amides is 2. The first-order valence-electron chi connectivity index (χ1n) is 8.04. The summed E-state index contributed by atoms with van der Waals surface area (Å²) in [5, 5.41) is 0. The summed E-state index contributed by atoms with van der Waals surface area (Å²) in [6, 6.07) is 0.0227. The maximum absolute atomic E-state index is 12.7. The van der Waals surface area contributed by atoms with Gasteiger partial charge in [-0.25, -0.2) is 4.79 Å². The van der Waals surface area contributed by atoms with E-state index in [9.17, 15) is 4.79 Å². The molecule has 0 saturated carbocycles. The zero-order valence-corrected chi connectivity index (χ0v) is 13.4. The fourth-order valence-electron chi connectivity index (χ4n) is 2.98. The number of urea groups is 1. The molecule has 21 heavy (non-hydrogen) atoms. The molecule has 2 aliphatic rings. The van der Waals surface area contributed by atoms with E-state index in [2.05, 4.69) is 30.7 Å². The molecule has 2 heterocycles. The van der Waals surface area contributed by atoms with Gasteiger partial charge in [0.25, 0.3) is 0 Å². The van der Waals surface area contributed by atoms with Crippen LogP contribution in [0.3, 0.4) is 0 Å². The van der Waals surface area contributed by atoms with Gasteiger partial charge in [-0.1, -0.05) is 20.8 Å². The lowest BCUT2D eigenvalue weighted by molar-refractivity contribution is 0.160. The fourth-order valence-corrected chi connectivity index (χ4v) is 2.98. The van der Waals surface area contributed by atoms with Gasteiger partial charge in [0.05, 0.1) is 6.54 Å². The van der Waals surface area contributed by atoms with Crippen LogP contribution in [0.1, 0.15) is 40.0 Å². The molecule has 0 fully saturated rings. The molecule has 6 heteroatoms. The third kappa shape index (κ3) is 2.84. The molecule has 2 amide bonds.